The minimum absolute atomic E-state index is 0.0749. The molecule has 1 saturated heterocycles. The van der Waals surface area contributed by atoms with E-state index < -0.39 is 11.2 Å². The van der Waals surface area contributed by atoms with Crippen molar-refractivity contribution in [2.75, 3.05) is 7.05 Å². The number of aromatic hydroxyl groups is 2. The molecule has 1 amide bonds. The number of hydrogen-bond donors (Lipinski definition) is 3. The molecule has 3 N–H and O–H groups in total. The van der Waals surface area contributed by atoms with Gasteiger partial charge in [-0.25, -0.2) is 0 Å². The fourth-order valence-electron chi connectivity index (χ4n) is 1.73. The van der Waals surface area contributed by atoms with Crippen LogP contribution in [0.15, 0.2) is 28.4 Å². The van der Waals surface area contributed by atoms with E-state index in [4.69, 9.17) is 5.11 Å². The molecule has 1 aliphatic heterocycles. The van der Waals surface area contributed by atoms with Crippen LogP contribution in [0.1, 0.15) is 12.0 Å². The molecule has 0 unspecified atom stereocenters. The summed E-state index contributed by atoms with van der Waals surface area (Å²) in [6.07, 6.45) is 0.987. The third-order valence-corrected chi connectivity index (χ3v) is 4.07. The Balaban J connectivity index is 2.11. The van der Waals surface area contributed by atoms with E-state index in [1.165, 1.54) is 30.3 Å². The Morgan fingerprint density at radius 3 is 2.82 bits per heavy atom. The van der Waals surface area contributed by atoms with E-state index >= 15 is 0 Å². The molecule has 1 aromatic carbocycles. The van der Waals surface area contributed by atoms with Gasteiger partial charge in [0.25, 0.3) is 0 Å². The first-order chi connectivity index (χ1) is 10.4. The van der Waals surface area contributed by atoms with Crippen LogP contribution in [0.3, 0.4) is 0 Å². The smallest absolute Gasteiger partial charge is 0.305 e. The average Bonchev–Trinajstić information content (AvgIpc) is 2.69. The first-order valence-electron chi connectivity index (χ1n) is 6.17. The Morgan fingerprint density at radius 1 is 1.45 bits per heavy atom. The van der Waals surface area contributed by atoms with Crippen LogP contribution >= 0.6 is 11.8 Å². The highest BCUT2D eigenvalue weighted by atomic mass is 32.2. The summed E-state index contributed by atoms with van der Waals surface area (Å²) >= 11 is 1.03. The fraction of sp³-hybridized carbons (Fsp3) is 0.231. The summed E-state index contributed by atoms with van der Waals surface area (Å²) in [5.74, 6) is -1.63. The fourth-order valence-corrected chi connectivity index (χ4v) is 2.81. The maximum absolute atomic E-state index is 11.8. The monoisotopic (exact) mass is 323 g/mol. The third kappa shape index (κ3) is 3.55. The van der Waals surface area contributed by atoms with Crippen LogP contribution < -0.4 is 0 Å². The maximum atomic E-state index is 11.8. The lowest BCUT2D eigenvalue weighted by Gasteiger charge is -2.06. The molecule has 0 saturated carbocycles. The third-order valence-electron chi connectivity index (χ3n) is 2.85. The van der Waals surface area contributed by atoms with Gasteiger partial charge in [0.1, 0.15) is 16.7 Å². The summed E-state index contributed by atoms with van der Waals surface area (Å²) in [6, 6.07) is 4.01. The van der Waals surface area contributed by atoms with Crippen molar-refractivity contribution in [1.82, 2.24) is 4.90 Å². The Hall–Kier alpha value is -2.55. The minimum atomic E-state index is -1.06. The van der Waals surface area contributed by atoms with Gasteiger partial charge in [-0.1, -0.05) is 11.8 Å². The highest BCUT2D eigenvalue weighted by molar-refractivity contribution is 8.15. The Bertz CT molecular complexity index is 674. The minimum Gasteiger partial charge on any atom is -0.508 e. The van der Waals surface area contributed by atoms with Crippen molar-refractivity contribution in [3.8, 4) is 11.5 Å². The van der Waals surface area contributed by atoms with Crippen molar-refractivity contribution in [2.24, 2.45) is 10.2 Å². The molecule has 8 nitrogen and oxygen atoms in total. The van der Waals surface area contributed by atoms with Crippen LogP contribution in [0.4, 0.5) is 0 Å². The Morgan fingerprint density at radius 2 is 2.18 bits per heavy atom. The predicted octanol–water partition coefficient (Wildman–Crippen LogP) is 0.836. The lowest BCUT2D eigenvalue weighted by Crippen LogP contribution is -2.28. The molecule has 9 heteroatoms. The molecule has 1 fully saturated rings. The molecule has 0 aliphatic carbocycles. The predicted molar refractivity (Wildman–Crippen MR) is 81.2 cm³/mol. The first kappa shape index (κ1) is 15.8. The molecule has 1 aromatic rings. The lowest BCUT2D eigenvalue weighted by atomic mass is 10.2. The van der Waals surface area contributed by atoms with Gasteiger partial charge in [-0.2, -0.15) is 5.10 Å². The summed E-state index contributed by atoms with van der Waals surface area (Å²) < 4.78 is 0. The molecule has 0 bridgehead atoms. The van der Waals surface area contributed by atoms with E-state index in [0.717, 1.165) is 17.8 Å². The number of benzene rings is 1. The Kier molecular flexibility index (Phi) is 4.66. The number of amides is 1. The zero-order valence-corrected chi connectivity index (χ0v) is 12.3. The van der Waals surface area contributed by atoms with E-state index in [0.29, 0.717) is 5.56 Å². The number of thioether (sulfide) groups is 1. The topological polar surface area (TPSA) is 123 Å². The first-order valence-corrected chi connectivity index (χ1v) is 7.05. The molecular formula is C13H13N3O5S. The highest BCUT2D eigenvalue weighted by Crippen LogP contribution is 2.28. The van der Waals surface area contributed by atoms with Crippen molar-refractivity contribution in [2.45, 2.75) is 11.7 Å². The van der Waals surface area contributed by atoms with Gasteiger partial charge in [-0.15, -0.1) is 5.10 Å². The highest BCUT2D eigenvalue weighted by Gasteiger charge is 2.37. The quantitative estimate of drug-likeness (QED) is 0.557. The number of nitrogens with zero attached hydrogens (tertiary/aromatic N) is 3. The van der Waals surface area contributed by atoms with E-state index in [9.17, 15) is 19.8 Å². The van der Waals surface area contributed by atoms with Crippen LogP contribution in [-0.2, 0) is 9.59 Å². The van der Waals surface area contributed by atoms with E-state index in [1.54, 1.807) is 0 Å². The number of carbonyl (C=O) groups is 2. The van der Waals surface area contributed by atoms with Crippen molar-refractivity contribution in [3.63, 3.8) is 0 Å². The maximum Gasteiger partial charge on any atom is 0.305 e. The SMILES string of the molecule is CN1C(=O)[C@H](CC(=O)O)S/C1=N/N=C/c1ccc(O)cc1O. The van der Waals surface area contributed by atoms with Crippen molar-refractivity contribution >= 4 is 35.0 Å². The number of carboxylic acids is 1. The number of carboxylic acid groups (broad SMARTS) is 1. The van der Waals surface area contributed by atoms with Gasteiger partial charge in [0.2, 0.25) is 5.91 Å². The number of aliphatic carboxylic acids is 1. The average molecular weight is 323 g/mol. The van der Waals surface area contributed by atoms with E-state index in [-0.39, 0.29) is 29.0 Å². The normalized spacial score (nSPS) is 20.2. The Labute approximate surface area is 129 Å². The lowest BCUT2D eigenvalue weighted by molar-refractivity contribution is -0.139. The van der Waals surface area contributed by atoms with Gasteiger partial charge < -0.3 is 15.3 Å². The van der Waals surface area contributed by atoms with Crippen molar-refractivity contribution in [1.29, 1.82) is 0 Å². The largest absolute Gasteiger partial charge is 0.508 e. The molecule has 0 spiro atoms. The standard InChI is InChI=1S/C13H13N3O5S/c1-16-12(21)10(5-11(19)20)22-13(16)15-14-6-7-2-3-8(17)4-9(7)18/h2-4,6,10,17-18H,5H2,1H3,(H,19,20)/b14-6+,15-13+/t10-/m0/s1. The molecule has 1 heterocycles. The number of phenolic OH excluding ortho intramolecular Hbond substituents is 2. The zero-order chi connectivity index (χ0) is 16.3. The van der Waals surface area contributed by atoms with Crippen molar-refractivity contribution in [3.05, 3.63) is 23.8 Å². The second-order valence-electron chi connectivity index (χ2n) is 4.47. The summed E-state index contributed by atoms with van der Waals surface area (Å²) in [5.41, 5.74) is 0.348. The second-order valence-corrected chi connectivity index (χ2v) is 5.64. The summed E-state index contributed by atoms with van der Waals surface area (Å²) in [4.78, 5) is 23.7. The summed E-state index contributed by atoms with van der Waals surface area (Å²) in [5, 5.41) is 34.7. The molecule has 1 aliphatic rings. The summed E-state index contributed by atoms with van der Waals surface area (Å²) in [6.45, 7) is 0. The van der Waals surface area contributed by atoms with Crippen LogP contribution in [0, 0.1) is 0 Å². The molecule has 22 heavy (non-hydrogen) atoms. The van der Waals surface area contributed by atoms with Crippen LogP contribution in [0.2, 0.25) is 0 Å². The molecule has 2 rings (SSSR count). The number of hydrogen-bond acceptors (Lipinski definition) is 7. The van der Waals surface area contributed by atoms with Gasteiger partial charge in [0.05, 0.1) is 12.6 Å². The van der Waals surface area contributed by atoms with Crippen LogP contribution in [0.5, 0.6) is 11.5 Å². The molecule has 0 aromatic heterocycles. The molecule has 1 atom stereocenters. The second kappa shape index (κ2) is 6.48. The molecule has 116 valence electrons. The number of carbonyl (C=O) groups excluding carboxylic acids is 1. The molecular weight excluding hydrogens is 310 g/mol. The van der Waals surface area contributed by atoms with Crippen LogP contribution in [-0.4, -0.2) is 55.8 Å². The van der Waals surface area contributed by atoms with Crippen LogP contribution in [0.25, 0.3) is 0 Å². The number of phenols is 2. The van der Waals surface area contributed by atoms with Gasteiger partial charge in [-0.05, 0) is 12.1 Å². The number of amidine groups is 1. The van der Waals surface area contributed by atoms with Gasteiger partial charge in [-0.3, -0.25) is 14.5 Å². The zero-order valence-electron chi connectivity index (χ0n) is 11.5. The number of rotatable bonds is 4. The van der Waals surface area contributed by atoms with Gasteiger partial charge in [0.15, 0.2) is 5.17 Å². The van der Waals surface area contributed by atoms with Gasteiger partial charge in [0, 0.05) is 18.7 Å². The van der Waals surface area contributed by atoms with Crippen molar-refractivity contribution < 1.29 is 24.9 Å². The summed E-state index contributed by atoms with van der Waals surface area (Å²) in [7, 11) is 1.49. The van der Waals surface area contributed by atoms with Gasteiger partial charge >= 0.3 is 5.97 Å². The van der Waals surface area contributed by atoms with E-state index in [1.807, 2.05) is 0 Å². The molecule has 0 radical (unpaired) electrons. The van der Waals surface area contributed by atoms with E-state index in [2.05, 4.69) is 10.2 Å².